The van der Waals surface area contributed by atoms with Crippen LogP contribution in [0.2, 0.25) is 5.02 Å². The molecule has 0 fully saturated rings. The van der Waals surface area contributed by atoms with Crippen molar-refractivity contribution in [1.29, 1.82) is 0 Å². The van der Waals surface area contributed by atoms with Gasteiger partial charge in [-0.2, -0.15) is 0 Å². The van der Waals surface area contributed by atoms with Crippen molar-refractivity contribution in [2.45, 2.75) is 33.0 Å². The first-order valence-corrected chi connectivity index (χ1v) is 8.12. The smallest absolute Gasteiger partial charge is 0.221 e. The van der Waals surface area contributed by atoms with Gasteiger partial charge in [-0.1, -0.05) is 29.8 Å². The third-order valence-electron chi connectivity index (χ3n) is 4.11. The summed E-state index contributed by atoms with van der Waals surface area (Å²) < 4.78 is 2.13. The molecule has 0 bridgehead atoms. The van der Waals surface area contributed by atoms with Gasteiger partial charge in [0.15, 0.2) is 0 Å². The Balaban J connectivity index is 1.44. The molecule has 1 N–H and O–H groups in total. The first-order valence-electron chi connectivity index (χ1n) is 7.74. The molecule has 1 aliphatic heterocycles. The molecule has 0 atom stereocenters. The second-order valence-electron chi connectivity index (χ2n) is 5.71. The van der Waals surface area contributed by atoms with Crippen LogP contribution in [0.15, 0.2) is 24.3 Å². The van der Waals surface area contributed by atoms with E-state index in [1.807, 2.05) is 31.2 Å². The number of fused-ring (bicyclic) bond motifs is 1. The standard InChI is InChI=1S/C16H20ClN5O/c1-12-19-20-15-11-21(8-9-22(12)15)7-6-16(23)18-10-13-4-2-3-5-14(13)17/h2-5H,6-11H2,1H3,(H,18,23). The van der Waals surface area contributed by atoms with E-state index in [9.17, 15) is 4.79 Å². The van der Waals surface area contributed by atoms with E-state index in [2.05, 4.69) is 25.0 Å². The Kier molecular flexibility index (Phi) is 4.93. The Morgan fingerprint density at radius 3 is 2.96 bits per heavy atom. The Bertz CT molecular complexity index is 700. The first-order chi connectivity index (χ1) is 11.1. The number of aryl methyl sites for hydroxylation is 1. The van der Waals surface area contributed by atoms with Crippen LogP contribution in [-0.2, 0) is 24.4 Å². The summed E-state index contributed by atoms with van der Waals surface area (Å²) in [4.78, 5) is 14.2. The van der Waals surface area contributed by atoms with Crippen molar-refractivity contribution in [2.24, 2.45) is 0 Å². The Morgan fingerprint density at radius 2 is 2.13 bits per heavy atom. The summed E-state index contributed by atoms with van der Waals surface area (Å²) in [6.45, 7) is 5.71. The number of hydrogen-bond acceptors (Lipinski definition) is 4. The van der Waals surface area contributed by atoms with Crippen molar-refractivity contribution in [3.63, 3.8) is 0 Å². The fourth-order valence-corrected chi connectivity index (χ4v) is 2.93. The van der Waals surface area contributed by atoms with E-state index in [-0.39, 0.29) is 5.91 Å². The molecule has 1 aromatic carbocycles. The lowest BCUT2D eigenvalue weighted by atomic mass is 10.2. The molecule has 0 spiro atoms. The fraction of sp³-hybridized carbons (Fsp3) is 0.438. The van der Waals surface area contributed by atoms with Crippen LogP contribution in [-0.4, -0.2) is 38.7 Å². The molecule has 1 aromatic heterocycles. The Morgan fingerprint density at radius 1 is 1.30 bits per heavy atom. The average Bonchev–Trinajstić information content (AvgIpc) is 2.93. The van der Waals surface area contributed by atoms with Crippen LogP contribution in [0.3, 0.4) is 0 Å². The second-order valence-corrected chi connectivity index (χ2v) is 6.12. The highest BCUT2D eigenvalue weighted by Gasteiger charge is 2.19. The number of carbonyl (C=O) groups excluding carboxylic acids is 1. The molecule has 2 heterocycles. The van der Waals surface area contributed by atoms with Crippen molar-refractivity contribution in [3.8, 4) is 0 Å². The zero-order valence-electron chi connectivity index (χ0n) is 13.1. The van der Waals surface area contributed by atoms with E-state index in [0.717, 1.165) is 43.4 Å². The Hall–Kier alpha value is -1.92. The molecule has 0 unspecified atom stereocenters. The molecule has 0 aliphatic carbocycles. The number of aromatic nitrogens is 3. The average molecular weight is 334 g/mol. The molecule has 1 amide bonds. The van der Waals surface area contributed by atoms with Gasteiger partial charge >= 0.3 is 0 Å². The van der Waals surface area contributed by atoms with E-state index >= 15 is 0 Å². The molecule has 2 aromatic rings. The lowest BCUT2D eigenvalue weighted by Crippen LogP contribution is -2.37. The van der Waals surface area contributed by atoms with Gasteiger partial charge in [-0.3, -0.25) is 9.69 Å². The highest BCUT2D eigenvalue weighted by Crippen LogP contribution is 2.14. The van der Waals surface area contributed by atoms with Gasteiger partial charge in [-0.05, 0) is 18.6 Å². The van der Waals surface area contributed by atoms with Crippen molar-refractivity contribution in [1.82, 2.24) is 25.0 Å². The second kappa shape index (κ2) is 7.10. The summed E-state index contributed by atoms with van der Waals surface area (Å²) in [7, 11) is 0. The van der Waals surface area contributed by atoms with Gasteiger partial charge in [0.1, 0.15) is 11.6 Å². The number of carbonyl (C=O) groups is 1. The molecule has 1 aliphatic rings. The molecular formula is C16H20ClN5O. The quantitative estimate of drug-likeness (QED) is 0.905. The maximum Gasteiger partial charge on any atom is 0.221 e. The predicted octanol–water partition coefficient (Wildman–Crippen LogP) is 1.76. The summed E-state index contributed by atoms with van der Waals surface area (Å²) in [6.07, 6.45) is 0.470. The SMILES string of the molecule is Cc1nnc2n1CCN(CCC(=O)NCc1ccccc1Cl)C2. The van der Waals surface area contributed by atoms with Crippen LogP contribution >= 0.6 is 11.6 Å². The minimum Gasteiger partial charge on any atom is -0.352 e. The summed E-state index contributed by atoms with van der Waals surface area (Å²) in [6, 6.07) is 7.54. The molecule has 23 heavy (non-hydrogen) atoms. The maximum absolute atomic E-state index is 12.0. The van der Waals surface area contributed by atoms with Crippen LogP contribution < -0.4 is 5.32 Å². The lowest BCUT2D eigenvalue weighted by Gasteiger charge is -2.27. The lowest BCUT2D eigenvalue weighted by molar-refractivity contribution is -0.121. The molecule has 0 radical (unpaired) electrons. The van der Waals surface area contributed by atoms with Gasteiger partial charge < -0.3 is 9.88 Å². The molecular weight excluding hydrogens is 314 g/mol. The van der Waals surface area contributed by atoms with Crippen LogP contribution in [0.25, 0.3) is 0 Å². The monoisotopic (exact) mass is 333 g/mol. The van der Waals surface area contributed by atoms with Gasteiger partial charge in [-0.25, -0.2) is 0 Å². The largest absolute Gasteiger partial charge is 0.352 e. The number of nitrogens with one attached hydrogen (secondary N) is 1. The third-order valence-corrected chi connectivity index (χ3v) is 4.47. The highest BCUT2D eigenvalue weighted by atomic mass is 35.5. The predicted molar refractivity (Wildman–Crippen MR) is 88.0 cm³/mol. The molecule has 122 valence electrons. The summed E-state index contributed by atoms with van der Waals surface area (Å²) in [5.74, 6) is 1.97. The number of nitrogens with zero attached hydrogens (tertiary/aromatic N) is 4. The minimum atomic E-state index is 0.0353. The van der Waals surface area contributed by atoms with Crippen molar-refractivity contribution in [3.05, 3.63) is 46.5 Å². The number of amides is 1. The van der Waals surface area contributed by atoms with E-state index in [1.54, 1.807) is 0 Å². The first kappa shape index (κ1) is 16.0. The number of hydrogen-bond donors (Lipinski definition) is 1. The van der Waals surface area contributed by atoms with Crippen LogP contribution in [0, 0.1) is 6.92 Å². The zero-order chi connectivity index (χ0) is 16.2. The normalized spacial score (nSPS) is 14.5. The maximum atomic E-state index is 12.0. The van der Waals surface area contributed by atoms with E-state index in [1.165, 1.54) is 0 Å². The van der Waals surface area contributed by atoms with Gasteiger partial charge in [-0.15, -0.1) is 10.2 Å². The zero-order valence-corrected chi connectivity index (χ0v) is 13.9. The van der Waals surface area contributed by atoms with Gasteiger partial charge in [0, 0.05) is 37.6 Å². The summed E-state index contributed by atoms with van der Waals surface area (Å²) in [5.41, 5.74) is 0.934. The highest BCUT2D eigenvalue weighted by molar-refractivity contribution is 6.31. The molecule has 0 saturated carbocycles. The molecule has 7 heteroatoms. The van der Waals surface area contributed by atoms with Gasteiger partial charge in [0.2, 0.25) is 5.91 Å². The topological polar surface area (TPSA) is 63.1 Å². The van der Waals surface area contributed by atoms with E-state index in [0.29, 0.717) is 18.0 Å². The number of rotatable bonds is 5. The van der Waals surface area contributed by atoms with Crippen molar-refractivity contribution in [2.75, 3.05) is 13.1 Å². The van der Waals surface area contributed by atoms with E-state index in [4.69, 9.17) is 11.6 Å². The summed E-state index contributed by atoms with van der Waals surface area (Å²) in [5, 5.41) is 11.9. The van der Waals surface area contributed by atoms with Crippen LogP contribution in [0.1, 0.15) is 23.6 Å². The fourth-order valence-electron chi connectivity index (χ4n) is 2.73. The molecule has 6 nitrogen and oxygen atoms in total. The van der Waals surface area contributed by atoms with E-state index < -0.39 is 0 Å². The Labute approximate surface area is 140 Å². The third kappa shape index (κ3) is 3.89. The van der Waals surface area contributed by atoms with Gasteiger partial charge in [0.05, 0.1) is 6.54 Å². The van der Waals surface area contributed by atoms with Crippen LogP contribution in [0.5, 0.6) is 0 Å². The van der Waals surface area contributed by atoms with Crippen molar-refractivity contribution >= 4 is 17.5 Å². The van der Waals surface area contributed by atoms with Crippen LogP contribution in [0.4, 0.5) is 0 Å². The molecule has 0 saturated heterocycles. The van der Waals surface area contributed by atoms with Crippen molar-refractivity contribution < 1.29 is 4.79 Å². The minimum absolute atomic E-state index is 0.0353. The summed E-state index contributed by atoms with van der Waals surface area (Å²) >= 11 is 6.08. The van der Waals surface area contributed by atoms with Gasteiger partial charge in [0.25, 0.3) is 0 Å². The number of benzene rings is 1. The number of halogens is 1. The molecule has 3 rings (SSSR count).